The summed E-state index contributed by atoms with van der Waals surface area (Å²) in [4.78, 5) is 74.9. The number of aliphatic carboxylic acids is 1. The van der Waals surface area contributed by atoms with Crippen molar-refractivity contribution in [2.45, 2.75) is 164 Å². The number of ketones is 1. The fraction of sp³-hybridized carbons (Fsp3) is 0.756. The topological polar surface area (TPSA) is 165 Å². The minimum Gasteiger partial charge on any atom is -0.481 e. The van der Waals surface area contributed by atoms with Gasteiger partial charge in [0, 0.05) is 18.0 Å². The van der Waals surface area contributed by atoms with Crippen molar-refractivity contribution in [2.75, 3.05) is 0 Å². The average molecular weight is 775 g/mol. The van der Waals surface area contributed by atoms with Gasteiger partial charge in [-0.2, -0.15) is 0 Å². The summed E-state index contributed by atoms with van der Waals surface area (Å²) in [5.74, 6) is -1.31. The molecule has 11 heteroatoms. The van der Waals surface area contributed by atoms with Gasteiger partial charge in [0.15, 0.2) is 5.78 Å². The predicted octanol–water partition coefficient (Wildman–Crippen LogP) is 7.56. The Hall–Kier alpha value is -3.63. The fourth-order valence-electron chi connectivity index (χ4n) is 12.9. The molecule has 308 valence electrons. The molecule has 4 saturated carbocycles. The van der Waals surface area contributed by atoms with Crippen LogP contribution in [0.4, 0.5) is 0 Å². The number of ether oxygens (including phenoxy) is 1. The summed E-state index contributed by atoms with van der Waals surface area (Å²) in [6.07, 6.45) is 9.85. The molecule has 4 fully saturated rings. The lowest BCUT2D eigenvalue weighted by atomic mass is 9.33. The highest BCUT2D eigenvalue weighted by atomic mass is 16.5. The Kier molecular flexibility index (Phi) is 10.3. The molecule has 0 unspecified atom stereocenters. The standard InChI is InChI=1S/C45H66N4O7/c1-25(2)34-29(50)21-45(49-37(53)41(8,9)48-36(52)28-24-46-23-26(3)47-28)20-19-43(11)27(35(34)45)13-14-31-42(10)17-16-32(56-33(51)22-39(4,5)38(54)55)40(6,7)30(42)15-18-44(31,43)12/h23-25,27,30-32H,13-22H2,1-12H3,(H,48,52)(H,49,53)(H,54,55)/t27-,30+,31-,32+,42+,43-,44-,45-/m1/s1. The number of Topliss-reactive ketones (excluding diaryl/α,β-unsaturated/α-hetero) is 1. The quantitative estimate of drug-likeness (QED) is 0.215. The van der Waals surface area contributed by atoms with E-state index in [9.17, 15) is 29.1 Å². The average Bonchev–Trinajstić information content (AvgIpc) is 3.37. The van der Waals surface area contributed by atoms with E-state index < -0.39 is 34.3 Å². The maximum atomic E-state index is 14.3. The van der Waals surface area contributed by atoms with E-state index >= 15 is 0 Å². The third-order valence-electron chi connectivity index (χ3n) is 16.1. The van der Waals surface area contributed by atoms with Crippen LogP contribution in [0.3, 0.4) is 0 Å². The first-order chi connectivity index (χ1) is 25.8. The Bertz CT molecular complexity index is 1860. The van der Waals surface area contributed by atoms with Crippen molar-refractivity contribution in [2.24, 2.45) is 50.7 Å². The van der Waals surface area contributed by atoms with Crippen LogP contribution < -0.4 is 10.6 Å². The van der Waals surface area contributed by atoms with Crippen LogP contribution in [0.2, 0.25) is 0 Å². The summed E-state index contributed by atoms with van der Waals surface area (Å²) in [6, 6.07) is 0. The van der Waals surface area contributed by atoms with Gasteiger partial charge in [-0.25, -0.2) is 4.98 Å². The van der Waals surface area contributed by atoms with Crippen LogP contribution in [0.15, 0.2) is 23.5 Å². The number of carboxylic acids is 1. The number of amides is 2. The molecular weight excluding hydrogens is 709 g/mol. The Morgan fingerprint density at radius 1 is 0.911 bits per heavy atom. The van der Waals surface area contributed by atoms with E-state index in [0.29, 0.717) is 24.0 Å². The molecule has 3 N–H and O–H groups in total. The highest BCUT2D eigenvalue weighted by Gasteiger charge is 2.70. The van der Waals surface area contributed by atoms with E-state index in [-0.39, 0.29) is 69.8 Å². The number of carbonyl (C=O) groups excluding carboxylic acids is 4. The van der Waals surface area contributed by atoms with Crippen LogP contribution in [0.5, 0.6) is 0 Å². The van der Waals surface area contributed by atoms with Gasteiger partial charge in [0.2, 0.25) is 5.91 Å². The molecule has 0 radical (unpaired) electrons. The van der Waals surface area contributed by atoms with Crippen LogP contribution in [-0.2, 0) is 23.9 Å². The molecule has 0 saturated heterocycles. The van der Waals surface area contributed by atoms with Crippen molar-refractivity contribution in [1.29, 1.82) is 0 Å². The lowest BCUT2D eigenvalue weighted by molar-refractivity contribution is -0.232. The second-order valence-electron chi connectivity index (χ2n) is 21.1. The van der Waals surface area contributed by atoms with Gasteiger partial charge in [-0.15, -0.1) is 0 Å². The molecule has 5 aliphatic carbocycles. The lowest BCUT2D eigenvalue weighted by Crippen LogP contribution is -2.68. The smallest absolute Gasteiger partial charge is 0.309 e. The van der Waals surface area contributed by atoms with E-state index in [1.807, 2.05) is 0 Å². The summed E-state index contributed by atoms with van der Waals surface area (Å²) >= 11 is 0. The SMILES string of the molecule is Cc1cncc(C(=O)NC(C)(C)C(=O)N[C@@]23CC[C@]4(C)[C@H](CC[C@@H]5[C@@]6(C)CC[C@H](OC(=O)CC(C)(C)C(=O)O)C(C)(C)[C@@H]6CC[C@]54C)C2=C(C(C)C)C(=O)C3)n1. The number of carboxylic acid groups (broad SMARTS) is 1. The maximum Gasteiger partial charge on any atom is 0.309 e. The van der Waals surface area contributed by atoms with Crippen molar-refractivity contribution >= 4 is 29.5 Å². The van der Waals surface area contributed by atoms with Crippen molar-refractivity contribution in [3.8, 4) is 0 Å². The number of aromatic nitrogens is 2. The lowest BCUT2D eigenvalue weighted by Gasteiger charge is -2.72. The Labute approximate surface area is 333 Å². The van der Waals surface area contributed by atoms with Gasteiger partial charge in [0.25, 0.3) is 5.91 Å². The van der Waals surface area contributed by atoms with Gasteiger partial charge in [-0.05, 0) is 137 Å². The zero-order valence-corrected chi connectivity index (χ0v) is 35.9. The highest BCUT2D eigenvalue weighted by Crippen LogP contribution is 2.76. The van der Waals surface area contributed by atoms with E-state index in [1.165, 1.54) is 6.20 Å². The summed E-state index contributed by atoms with van der Waals surface area (Å²) in [6.45, 7) is 24.4. The van der Waals surface area contributed by atoms with E-state index in [1.54, 1.807) is 40.8 Å². The van der Waals surface area contributed by atoms with Gasteiger partial charge < -0.3 is 20.5 Å². The normalized spacial score (nSPS) is 35.1. The van der Waals surface area contributed by atoms with Crippen molar-refractivity contribution in [3.63, 3.8) is 0 Å². The molecule has 1 aromatic rings. The largest absolute Gasteiger partial charge is 0.481 e. The van der Waals surface area contributed by atoms with E-state index in [2.05, 4.69) is 69.1 Å². The second kappa shape index (κ2) is 13.7. The minimum atomic E-state index is -1.28. The summed E-state index contributed by atoms with van der Waals surface area (Å²) < 4.78 is 6.16. The monoisotopic (exact) mass is 774 g/mol. The van der Waals surface area contributed by atoms with Crippen molar-refractivity contribution in [1.82, 2.24) is 20.6 Å². The molecule has 0 aliphatic heterocycles. The minimum absolute atomic E-state index is 0.00112. The number of fused-ring (bicyclic) bond motifs is 7. The third-order valence-corrected chi connectivity index (χ3v) is 16.1. The first kappa shape index (κ1) is 42.0. The molecule has 0 aromatic carbocycles. The number of hydrogen-bond acceptors (Lipinski definition) is 8. The Morgan fingerprint density at radius 2 is 1.59 bits per heavy atom. The molecule has 0 spiro atoms. The fourth-order valence-corrected chi connectivity index (χ4v) is 12.9. The molecule has 11 nitrogen and oxygen atoms in total. The number of nitrogens with one attached hydrogen (secondary N) is 2. The second-order valence-corrected chi connectivity index (χ2v) is 21.1. The number of allylic oxidation sites excluding steroid dienone is 1. The highest BCUT2D eigenvalue weighted by molar-refractivity contribution is 6.03. The number of aryl methyl sites for hydroxylation is 1. The first-order valence-electron chi connectivity index (χ1n) is 20.9. The van der Waals surface area contributed by atoms with Crippen LogP contribution in [-0.4, -0.2) is 61.8 Å². The molecular formula is C45H66N4O7. The van der Waals surface area contributed by atoms with Crippen LogP contribution in [0.1, 0.15) is 157 Å². The van der Waals surface area contributed by atoms with Gasteiger partial charge in [-0.1, -0.05) is 48.5 Å². The molecule has 0 bridgehead atoms. The maximum absolute atomic E-state index is 14.3. The van der Waals surface area contributed by atoms with Gasteiger partial charge in [0.1, 0.15) is 17.3 Å². The summed E-state index contributed by atoms with van der Waals surface area (Å²) in [7, 11) is 0. The first-order valence-corrected chi connectivity index (χ1v) is 20.9. The zero-order valence-electron chi connectivity index (χ0n) is 35.9. The third kappa shape index (κ3) is 6.51. The Balaban J connectivity index is 1.27. The molecule has 6 rings (SSSR count). The van der Waals surface area contributed by atoms with Crippen molar-refractivity contribution in [3.05, 3.63) is 34.9 Å². The van der Waals surface area contributed by atoms with E-state index in [4.69, 9.17) is 4.74 Å². The molecule has 56 heavy (non-hydrogen) atoms. The summed E-state index contributed by atoms with van der Waals surface area (Å²) in [5.41, 5.74) is -0.998. The number of rotatable bonds is 9. The van der Waals surface area contributed by atoms with Crippen LogP contribution >= 0.6 is 0 Å². The van der Waals surface area contributed by atoms with Gasteiger partial charge in [0.05, 0.1) is 29.3 Å². The number of esters is 1. The van der Waals surface area contributed by atoms with Gasteiger partial charge in [-0.3, -0.25) is 29.0 Å². The predicted molar refractivity (Wildman–Crippen MR) is 212 cm³/mol. The van der Waals surface area contributed by atoms with Gasteiger partial charge >= 0.3 is 11.9 Å². The molecule has 8 atom stereocenters. The number of nitrogens with zero attached hydrogens (tertiary/aromatic N) is 2. The number of hydrogen-bond donors (Lipinski definition) is 3. The molecule has 1 heterocycles. The molecule has 1 aromatic heterocycles. The van der Waals surface area contributed by atoms with Crippen LogP contribution in [0, 0.1) is 57.7 Å². The van der Waals surface area contributed by atoms with E-state index in [0.717, 1.165) is 56.1 Å². The zero-order chi connectivity index (χ0) is 41.6. The molecule has 2 amide bonds. The van der Waals surface area contributed by atoms with Crippen LogP contribution in [0.25, 0.3) is 0 Å². The summed E-state index contributed by atoms with van der Waals surface area (Å²) in [5, 5.41) is 15.9. The molecule has 5 aliphatic rings. The van der Waals surface area contributed by atoms with Crippen molar-refractivity contribution < 1.29 is 33.8 Å². The number of carbonyl (C=O) groups is 5. The Morgan fingerprint density at radius 3 is 2.21 bits per heavy atom.